The van der Waals surface area contributed by atoms with Gasteiger partial charge in [0, 0.05) is 26.2 Å². The van der Waals surface area contributed by atoms with Crippen molar-refractivity contribution in [2.75, 3.05) is 13.2 Å². The number of ketones is 1. The first-order valence-corrected chi connectivity index (χ1v) is 8.81. The number of esters is 1. The average Bonchev–Trinajstić information content (AvgIpc) is 2.61. The molecule has 27 heavy (non-hydrogen) atoms. The summed E-state index contributed by atoms with van der Waals surface area (Å²) in [6, 6.07) is -0.741. The van der Waals surface area contributed by atoms with Gasteiger partial charge in [0.25, 0.3) is 0 Å². The van der Waals surface area contributed by atoms with E-state index in [1.54, 1.807) is 0 Å². The molecule has 0 aromatic rings. The maximum absolute atomic E-state index is 12.1. The number of carbonyl (C=O) groups is 4. The molecule has 0 aromatic carbocycles. The van der Waals surface area contributed by atoms with Gasteiger partial charge in [-0.05, 0) is 30.6 Å². The Morgan fingerprint density at radius 2 is 1.89 bits per heavy atom. The number of hydrogen-bond donors (Lipinski definition) is 2. The fraction of sp³-hybridized carbons (Fsp3) is 0.579. The molecule has 146 valence electrons. The van der Waals surface area contributed by atoms with E-state index >= 15 is 0 Å². The van der Waals surface area contributed by atoms with E-state index in [0.29, 0.717) is 32.1 Å². The molecular formula is C19H24N2O6. The van der Waals surface area contributed by atoms with Crippen molar-refractivity contribution in [1.82, 2.24) is 10.8 Å². The highest BCUT2D eigenvalue weighted by molar-refractivity contribution is 5.83. The number of amides is 2. The monoisotopic (exact) mass is 376 g/mol. The summed E-state index contributed by atoms with van der Waals surface area (Å²) in [7, 11) is 0. The quantitative estimate of drug-likeness (QED) is 0.506. The lowest BCUT2D eigenvalue weighted by Crippen LogP contribution is -2.40. The lowest BCUT2D eigenvalue weighted by atomic mass is 10.1. The van der Waals surface area contributed by atoms with Gasteiger partial charge >= 0.3 is 5.97 Å². The molecule has 0 saturated heterocycles. The highest BCUT2D eigenvalue weighted by Crippen LogP contribution is 2.08. The minimum absolute atomic E-state index is 0.121. The van der Waals surface area contributed by atoms with Crippen molar-refractivity contribution < 1.29 is 28.8 Å². The predicted molar refractivity (Wildman–Crippen MR) is 95.5 cm³/mol. The first kappa shape index (κ1) is 22.2. The van der Waals surface area contributed by atoms with E-state index in [9.17, 15) is 19.2 Å². The van der Waals surface area contributed by atoms with Crippen LogP contribution in [0.3, 0.4) is 0 Å². The van der Waals surface area contributed by atoms with Crippen molar-refractivity contribution in [2.24, 2.45) is 0 Å². The predicted octanol–water partition coefficient (Wildman–Crippen LogP) is 0.402. The standard InChI is InChI=1S/C19H24N2O6/c1-15(22)20-17-11-7-5-6-10-16(23)14-27-21-18(24)12-8-3-2-4-9-13-26-19(17)25/h17H,5-8,10-14H2,1H3,(H,20,22)(H,21,24). The molecule has 0 bridgehead atoms. The molecule has 1 aliphatic heterocycles. The fourth-order valence-electron chi connectivity index (χ4n) is 2.23. The van der Waals surface area contributed by atoms with Crippen molar-refractivity contribution in [3.63, 3.8) is 0 Å². The molecule has 1 rings (SSSR count). The lowest BCUT2D eigenvalue weighted by molar-refractivity contribution is -0.146. The van der Waals surface area contributed by atoms with Crippen LogP contribution >= 0.6 is 0 Å². The smallest absolute Gasteiger partial charge is 0.329 e. The number of ether oxygens (including phenoxy) is 1. The van der Waals surface area contributed by atoms with Crippen molar-refractivity contribution in [3.05, 3.63) is 0 Å². The van der Waals surface area contributed by atoms with E-state index in [1.807, 2.05) is 0 Å². The topological polar surface area (TPSA) is 111 Å². The second kappa shape index (κ2) is 13.4. The molecule has 8 heteroatoms. The van der Waals surface area contributed by atoms with Crippen molar-refractivity contribution >= 4 is 23.6 Å². The van der Waals surface area contributed by atoms with E-state index in [1.165, 1.54) is 6.92 Å². The summed E-state index contributed by atoms with van der Waals surface area (Å²) in [6.45, 7) is 1.01. The zero-order valence-electron chi connectivity index (χ0n) is 15.4. The molecule has 2 amide bonds. The molecule has 1 unspecified atom stereocenters. The minimum atomic E-state index is -0.741. The summed E-state index contributed by atoms with van der Waals surface area (Å²) in [4.78, 5) is 51.4. The number of Topliss-reactive ketones (excluding diaryl/α,β-unsaturated/α-hetero) is 1. The van der Waals surface area contributed by atoms with Gasteiger partial charge in [-0.1, -0.05) is 18.8 Å². The normalized spacial score (nSPS) is 20.6. The van der Waals surface area contributed by atoms with Crippen LogP contribution in [0.15, 0.2) is 0 Å². The molecule has 1 atom stereocenters. The third kappa shape index (κ3) is 11.4. The summed E-state index contributed by atoms with van der Waals surface area (Å²) in [5.74, 6) is 8.98. The van der Waals surface area contributed by atoms with Crippen LogP contribution in [0.4, 0.5) is 0 Å². The molecule has 0 spiro atoms. The van der Waals surface area contributed by atoms with Crippen LogP contribution in [0, 0.1) is 23.7 Å². The van der Waals surface area contributed by atoms with Crippen LogP contribution < -0.4 is 10.8 Å². The van der Waals surface area contributed by atoms with Gasteiger partial charge in [0.15, 0.2) is 12.4 Å². The molecule has 0 aliphatic carbocycles. The molecule has 0 aromatic heterocycles. The van der Waals surface area contributed by atoms with E-state index in [-0.39, 0.29) is 43.7 Å². The molecule has 1 heterocycles. The maximum Gasteiger partial charge on any atom is 0.329 e. The Kier molecular flexibility index (Phi) is 11.0. The summed E-state index contributed by atoms with van der Waals surface area (Å²) >= 11 is 0. The SMILES string of the molecule is CC(=O)NC1CCCCCC(=O)CONC(=O)CCC#CC#CCOC1=O. The van der Waals surface area contributed by atoms with Gasteiger partial charge in [0.1, 0.15) is 12.6 Å². The summed E-state index contributed by atoms with van der Waals surface area (Å²) < 4.78 is 5.04. The number of hydrogen-bond acceptors (Lipinski definition) is 6. The van der Waals surface area contributed by atoms with E-state index in [4.69, 9.17) is 9.57 Å². The Hall–Kier alpha value is -2.84. The summed E-state index contributed by atoms with van der Waals surface area (Å²) in [5, 5.41) is 2.56. The van der Waals surface area contributed by atoms with Gasteiger partial charge in [0.05, 0.1) is 0 Å². The number of cyclic esters (lactones) is 1. The molecule has 0 saturated carbocycles. The van der Waals surface area contributed by atoms with Crippen LogP contribution in [0.2, 0.25) is 0 Å². The van der Waals surface area contributed by atoms with Crippen LogP contribution in [0.1, 0.15) is 51.9 Å². The number of carbonyl (C=O) groups excluding carboxylic acids is 4. The van der Waals surface area contributed by atoms with Gasteiger partial charge in [0.2, 0.25) is 11.8 Å². The highest BCUT2D eigenvalue weighted by Gasteiger charge is 2.20. The molecule has 1 aliphatic rings. The third-order valence-corrected chi connectivity index (χ3v) is 3.53. The summed E-state index contributed by atoms with van der Waals surface area (Å²) in [5.41, 5.74) is 2.20. The van der Waals surface area contributed by atoms with Crippen LogP contribution in [-0.2, 0) is 28.8 Å². The second-order valence-corrected chi connectivity index (χ2v) is 5.92. The molecule has 8 nitrogen and oxygen atoms in total. The second-order valence-electron chi connectivity index (χ2n) is 5.92. The first-order chi connectivity index (χ1) is 13.0. The molecule has 0 radical (unpaired) electrons. The average molecular weight is 376 g/mol. The van der Waals surface area contributed by atoms with E-state index in [0.717, 1.165) is 0 Å². The van der Waals surface area contributed by atoms with E-state index < -0.39 is 12.0 Å². The van der Waals surface area contributed by atoms with E-state index in [2.05, 4.69) is 34.5 Å². The Balaban J connectivity index is 2.64. The summed E-state index contributed by atoms with van der Waals surface area (Å²) in [6.07, 6.45) is 3.09. The van der Waals surface area contributed by atoms with Crippen LogP contribution in [0.5, 0.6) is 0 Å². The Labute approximate surface area is 158 Å². The zero-order chi connectivity index (χ0) is 19.9. The van der Waals surface area contributed by atoms with Crippen LogP contribution in [0.25, 0.3) is 0 Å². The van der Waals surface area contributed by atoms with Gasteiger partial charge in [-0.15, -0.1) is 0 Å². The number of hydroxylamine groups is 1. The van der Waals surface area contributed by atoms with Gasteiger partial charge in [-0.3, -0.25) is 19.2 Å². The number of nitrogens with one attached hydrogen (secondary N) is 2. The maximum atomic E-state index is 12.1. The van der Waals surface area contributed by atoms with Crippen molar-refractivity contribution in [1.29, 1.82) is 0 Å². The van der Waals surface area contributed by atoms with Gasteiger partial charge in [-0.25, -0.2) is 10.3 Å². The van der Waals surface area contributed by atoms with Gasteiger partial charge in [-0.2, -0.15) is 0 Å². The molecular weight excluding hydrogens is 352 g/mol. The fourth-order valence-corrected chi connectivity index (χ4v) is 2.23. The lowest BCUT2D eigenvalue weighted by Gasteiger charge is -2.15. The van der Waals surface area contributed by atoms with Crippen molar-refractivity contribution in [3.8, 4) is 23.7 Å². The van der Waals surface area contributed by atoms with Crippen molar-refractivity contribution in [2.45, 2.75) is 57.9 Å². The number of rotatable bonds is 1. The minimum Gasteiger partial charge on any atom is -0.451 e. The van der Waals surface area contributed by atoms with Gasteiger partial charge < -0.3 is 10.1 Å². The molecule has 0 fully saturated rings. The Morgan fingerprint density at radius 3 is 2.67 bits per heavy atom. The largest absolute Gasteiger partial charge is 0.451 e. The third-order valence-electron chi connectivity index (χ3n) is 3.53. The molecule has 2 N–H and O–H groups in total. The Bertz CT molecular complexity index is 665. The first-order valence-electron chi connectivity index (χ1n) is 8.81. The van der Waals surface area contributed by atoms with Crippen LogP contribution in [-0.4, -0.2) is 42.8 Å². The Morgan fingerprint density at radius 1 is 1.11 bits per heavy atom. The zero-order valence-corrected chi connectivity index (χ0v) is 15.4. The highest BCUT2D eigenvalue weighted by atomic mass is 16.7.